The number of tetrazole rings is 1. The van der Waals surface area contributed by atoms with Gasteiger partial charge in [0.05, 0.1) is 5.01 Å². The molecule has 0 atom stereocenters. The molecule has 5 rings (SSSR count). The van der Waals surface area contributed by atoms with Crippen molar-refractivity contribution in [2.24, 2.45) is 0 Å². The van der Waals surface area contributed by atoms with Gasteiger partial charge in [-0.15, -0.1) is 10.2 Å². The third-order valence-corrected chi connectivity index (χ3v) is 5.77. The zero-order valence-electron chi connectivity index (χ0n) is 17.9. The van der Waals surface area contributed by atoms with Crippen molar-refractivity contribution >= 4 is 22.8 Å². The number of nitrogens with zero attached hydrogens (tertiary/aromatic N) is 5. The molecule has 0 aliphatic heterocycles. The molecule has 0 amide bonds. The zero-order chi connectivity index (χ0) is 22.5. The summed E-state index contributed by atoms with van der Waals surface area (Å²) in [6, 6.07) is 22.0. The number of benzene rings is 2. The van der Waals surface area contributed by atoms with Crippen molar-refractivity contribution in [1.82, 2.24) is 30.6 Å². The molecule has 3 heterocycles. The van der Waals surface area contributed by atoms with Crippen molar-refractivity contribution in [3.8, 4) is 22.1 Å². The van der Waals surface area contributed by atoms with E-state index >= 15 is 0 Å². The molecule has 8 nitrogen and oxygen atoms in total. The van der Waals surface area contributed by atoms with Crippen LogP contribution < -0.4 is 10.1 Å². The van der Waals surface area contributed by atoms with Gasteiger partial charge in [0.15, 0.2) is 5.82 Å². The lowest BCUT2D eigenvalue weighted by Gasteiger charge is -2.10. The summed E-state index contributed by atoms with van der Waals surface area (Å²) in [5, 5.41) is 19.2. The number of aromatic amines is 1. The lowest BCUT2D eigenvalue weighted by Crippen LogP contribution is -1.97. The Kier molecular flexibility index (Phi) is 6.03. The lowest BCUT2D eigenvalue weighted by atomic mass is 10.1. The monoisotopic (exact) mass is 455 g/mol. The summed E-state index contributed by atoms with van der Waals surface area (Å²) >= 11 is 1.53. The second-order valence-electron chi connectivity index (χ2n) is 7.37. The fourth-order valence-electron chi connectivity index (χ4n) is 3.40. The number of pyridine rings is 1. The van der Waals surface area contributed by atoms with E-state index in [0.717, 1.165) is 39.9 Å². The topological polar surface area (TPSA) is 102 Å². The molecule has 164 valence electrons. The van der Waals surface area contributed by atoms with E-state index in [1.54, 1.807) is 6.20 Å². The lowest BCUT2D eigenvalue weighted by molar-refractivity contribution is 0.496. The zero-order valence-corrected chi connectivity index (χ0v) is 18.7. The van der Waals surface area contributed by atoms with E-state index in [0.29, 0.717) is 17.4 Å². The molecule has 2 N–H and O–H groups in total. The first-order valence-electron chi connectivity index (χ1n) is 10.5. The number of anilines is 2. The molecule has 9 heteroatoms. The van der Waals surface area contributed by atoms with Crippen LogP contribution in [-0.2, 0) is 12.8 Å². The smallest absolute Gasteiger partial charge is 0.208 e. The first kappa shape index (κ1) is 20.8. The number of hydrogen-bond donors (Lipinski definition) is 2. The van der Waals surface area contributed by atoms with Crippen molar-refractivity contribution < 1.29 is 4.74 Å². The number of H-pyrrole nitrogens is 1. The van der Waals surface area contributed by atoms with Crippen LogP contribution in [0, 0.1) is 6.92 Å². The van der Waals surface area contributed by atoms with Crippen molar-refractivity contribution in [1.29, 1.82) is 0 Å². The fourth-order valence-corrected chi connectivity index (χ4v) is 4.21. The molecule has 0 radical (unpaired) electrons. The van der Waals surface area contributed by atoms with Gasteiger partial charge in [-0.2, -0.15) is 5.21 Å². The van der Waals surface area contributed by atoms with Crippen LogP contribution in [0.3, 0.4) is 0 Å². The Morgan fingerprint density at radius 2 is 1.91 bits per heavy atom. The first-order valence-corrected chi connectivity index (χ1v) is 11.3. The molecule has 0 unspecified atom stereocenters. The highest BCUT2D eigenvalue weighted by Crippen LogP contribution is 2.38. The van der Waals surface area contributed by atoms with E-state index in [2.05, 4.69) is 48.0 Å². The van der Waals surface area contributed by atoms with Crippen molar-refractivity contribution in [2.45, 2.75) is 19.8 Å². The molecule has 0 spiro atoms. The third kappa shape index (κ3) is 5.21. The highest BCUT2D eigenvalue weighted by molar-refractivity contribution is 7.13. The molecule has 0 saturated heterocycles. The molecule has 0 bridgehead atoms. The van der Waals surface area contributed by atoms with E-state index in [4.69, 9.17) is 4.74 Å². The standard InChI is InChI=1S/C24H21N7OS/c1-16-26-23(18-7-3-2-4-8-18)24(33-16)32-20-12-13-25-22(15-20)27-19-9-5-6-17(14-19)10-11-21-28-30-31-29-21/h2-9,12-15H,10-11H2,1H3,(H,25,27)(H,28,29,30,31). The Labute approximate surface area is 194 Å². The highest BCUT2D eigenvalue weighted by Gasteiger charge is 2.14. The summed E-state index contributed by atoms with van der Waals surface area (Å²) in [5.41, 5.74) is 3.99. The summed E-state index contributed by atoms with van der Waals surface area (Å²) in [4.78, 5) is 9.10. The molecule has 0 saturated carbocycles. The molecular weight excluding hydrogens is 434 g/mol. The van der Waals surface area contributed by atoms with Crippen LogP contribution in [0.5, 0.6) is 10.8 Å². The number of nitrogens with one attached hydrogen (secondary N) is 2. The Bertz CT molecular complexity index is 1340. The predicted octanol–water partition coefficient (Wildman–Crippen LogP) is 5.35. The summed E-state index contributed by atoms with van der Waals surface area (Å²) in [5.74, 6) is 2.10. The van der Waals surface area contributed by atoms with Crippen LogP contribution in [0.15, 0.2) is 72.9 Å². The molecule has 0 fully saturated rings. The maximum atomic E-state index is 6.22. The number of hydrogen-bond acceptors (Lipinski definition) is 8. The molecule has 2 aromatic carbocycles. The van der Waals surface area contributed by atoms with Gasteiger partial charge in [-0.25, -0.2) is 9.97 Å². The Morgan fingerprint density at radius 1 is 1.00 bits per heavy atom. The third-order valence-electron chi connectivity index (χ3n) is 4.92. The van der Waals surface area contributed by atoms with E-state index in [1.165, 1.54) is 16.9 Å². The highest BCUT2D eigenvalue weighted by atomic mass is 32.1. The van der Waals surface area contributed by atoms with Crippen LogP contribution in [0.4, 0.5) is 11.5 Å². The molecule has 5 aromatic rings. The van der Waals surface area contributed by atoms with Gasteiger partial charge in [-0.05, 0) is 37.1 Å². The van der Waals surface area contributed by atoms with Crippen LogP contribution in [0.2, 0.25) is 0 Å². The summed E-state index contributed by atoms with van der Waals surface area (Å²) in [7, 11) is 0. The summed E-state index contributed by atoms with van der Waals surface area (Å²) in [6.07, 6.45) is 3.27. The minimum absolute atomic E-state index is 0.696. The number of rotatable bonds is 8. The van der Waals surface area contributed by atoms with Gasteiger partial charge in [0.25, 0.3) is 0 Å². The van der Waals surface area contributed by atoms with Crippen LogP contribution in [-0.4, -0.2) is 30.6 Å². The Balaban J connectivity index is 1.30. The van der Waals surface area contributed by atoms with Gasteiger partial charge < -0.3 is 10.1 Å². The van der Waals surface area contributed by atoms with Gasteiger partial charge >= 0.3 is 0 Å². The molecule has 0 aliphatic rings. The molecule has 0 aliphatic carbocycles. The predicted molar refractivity (Wildman–Crippen MR) is 128 cm³/mol. The van der Waals surface area contributed by atoms with Crippen LogP contribution >= 0.6 is 11.3 Å². The molecular formula is C24H21N7OS. The second-order valence-corrected chi connectivity index (χ2v) is 8.53. The normalized spacial score (nSPS) is 10.8. The quantitative estimate of drug-likeness (QED) is 0.325. The van der Waals surface area contributed by atoms with Crippen molar-refractivity contribution in [3.63, 3.8) is 0 Å². The van der Waals surface area contributed by atoms with Crippen LogP contribution in [0.1, 0.15) is 16.4 Å². The average molecular weight is 456 g/mol. The van der Waals surface area contributed by atoms with E-state index in [-0.39, 0.29) is 0 Å². The van der Waals surface area contributed by atoms with E-state index in [1.807, 2.05) is 61.5 Å². The largest absolute Gasteiger partial charge is 0.444 e. The number of ether oxygens (including phenoxy) is 1. The van der Waals surface area contributed by atoms with Gasteiger partial charge in [0.2, 0.25) is 5.06 Å². The summed E-state index contributed by atoms with van der Waals surface area (Å²) < 4.78 is 6.22. The van der Waals surface area contributed by atoms with E-state index in [9.17, 15) is 0 Å². The maximum Gasteiger partial charge on any atom is 0.208 e. The SMILES string of the molecule is Cc1nc(-c2ccccc2)c(Oc2ccnc(Nc3cccc(CCc4nn[nH]n4)c3)c2)s1. The fraction of sp³-hybridized carbons (Fsp3) is 0.125. The van der Waals surface area contributed by atoms with Gasteiger partial charge in [-0.3, -0.25) is 0 Å². The summed E-state index contributed by atoms with van der Waals surface area (Å²) in [6.45, 7) is 1.98. The maximum absolute atomic E-state index is 6.22. The van der Waals surface area contributed by atoms with Gasteiger partial charge in [0, 0.05) is 29.9 Å². The van der Waals surface area contributed by atoms with Crippen molar-refractivity contribution in [2.75, 3.05) is 5.32 Å². The minimum Gasteiger partial charge on any atom is -0.444 e. The minimum atomic E-state index is 0.696. The first-order chi connectivity index (χ1) is 16.2. The molecule has 33 heavy (non-hydrogen) atoms. The van der Waals surface area contributed by atoms with Gasteiger partial charge in [0.1, 0.15) is 17.3 Å². The Morgan fingerprint density at radius 3 is 2.76 bits per heavy atom. The number of aromatic nitrogens is 6. The van der Waals surface area contributed by atoms with E-state index < -0.39 is 0 Å². The average Bonchev–Trinajstić information content (AvgIpc) is 3.48. The molecule has 3 aromatic heterocycles. The Hall–Kier alpha value is -4.11. The van der Waals surface area contributed by atoms with Crippen molar-refractivity contribution in [3.05, 3.63) is 89.3 Å². The second kappa shape index (κ2) is 9.58. The van der Waals surface area contributed by atoms with Gasteiger partial charge in [-0.1, -0.05) is 59.0 Å². The number of aryl methyl sites for hydroxylation is 3. The number of thiazole rings is 1. The van der Waals surface area contributed by atoms with Crippen LogP contribution in [0.25, 0.3) is 11.3 Å².